The van der Waals surface area contributed by atoms with Crippen molar-refractivity contribution in [1.82, 2.24) is 0 Å². The molecular weight excluding hydrogens is 412 g/mol. The molecule has 10 heteroatoms. The fourth-order valence-electron chi connectivity index (χ4n) is 3.72. The molecule has 1 saturated heterocycles. The summed E-state index contributed by atoms with van der Waals surface area (Å²) in [5, 5.41) is 59.3. The molecule has 2 aliphatic rings. The first-order chi connectivity index (χ1) is 14.8. The van der Waals surface area contributed by atoms with E-state index in [1.807, 2.05) is 0 Å². The van der Waals surface area contributed by atoms with E-state index in [9.17, 15) is 35.4 Å². The van der Waals surface area contributed by atoms with Crippen LogP contribution in [0.25, 0.3) is 0 Å². The molecule has 6 unspecified atom stereocenters. The van der Waals surface area contributed by atoms with E-state index in [0.717, 1.165) is 0 Å². The smallest absolute Gasteiger partial charge is 0.342 e. The quantitative estimate of drug-likeness (QED) is 0.353. The number of phenolic OH excluding ortho intramolecular Hbond substituents is 2. The Labute approximate surface area is 176 Å². The number of cyclic esters (lactones) is 1. The summed E-state index contributed by atoms with van der Waals surface area (Å²) in [4.78, 5) is 12.3. The molecule has 2 aliphatic heterocycles. The van der Waals surface area contributed by atoms with Gasteiger partial charge in [0.05, 0.1) is 6.61 Å². The number of hydrogen-bond donors (Lipinski definition) is 6. The van der Waals surface area contributed by atoms with Gasteiger partial charge in [-0.3, -0.25) is 0 Å². The monoisotopic (exact) mass is 434 g/mol. The summed E-state index contributed by atoms with van der Waals surface area (Å²) in [7, 11) is 0. The predicted molar refractivity (Wildman–Crippen MR) is 102 cm³/mol. The summed E-state index contributed by atoms with van der Waals surface area (Å²) < 4.78 is 16.2. The molecular formula is C21H22O10. The van der Waals surface area contributed by atoms with Gasteiger partial charge in [0.2, 0.25) is 6.29 Å². The zero-order valence-corrected chi connectivity index (χ0v) is 16.2. The maximum atomic E-state index is 12.3. The van der Waals surface area contributed by atoms with Gasteiger partial charge in [-0.15, -0.1) is 0 Å². The molecule has 4 rings (SSSR count). The average molecular weight is 434 g/mol. The largest absolute Gasteiger partial charge is 0.507 e. The summed E-state index contributed by atoms with van der Waals surface area (Å²) in [5.41, 5.74) is 1.18. The normalized spacial score (nSPS) is 30.4. The third-order valence-electron chi connectivity index (χ3n) is 5.43. The van der Waals surface area contributed by atoms with Crippen molar-refractivity contribution in [3.05, 3.63) is 53.1 Å². The number of benzene rings is 2. The lowest BCUT2D eigenvalue weighted by Gasteiger charge is -2.39. The van der Waals surface area contributed by atoms with Gasteiger partial charge in [0, 0.05) is 6.42 Å². The number of hydrogen-bond acceptors (Lipinski definition) is 10. The standard InChI is InChI=1S/C21H22O10/c22-8-15-17(25)18(26)19(27)21(31-15)30-14-6-9(4-5-11(14)23)13-7-10-2-1-3-12(24)16(10)20(28)29-13/h1-6,13,15,17-19,21-27H,7-8H2. The zero-order chi connectivity index (χ0) is 22.3. The Kier molecular flexibility index (Phi) is 5.73. The molecule has 0 aliphatic carbocycles. The zero-order valence-electron chi connectivity index (χ0n) is 16.2. The molecule has 2 aromatic rings. The Morgan fingerprint density at radius 3 is 2.52 bits per heavy atom. The van der Waals surface area contributed by atoms with Gasteiger partial charge in [-0.25, -0.2) is 4.79 Å². The Hall–Kier alpha value is -2.89. The maximum Gasteiger partial charge on any atom is 0.342 e. The van der Waals surface area contributed by atoms with E-state index in [1.165, 1.54) is 24.3 Å². The fraction of sp³-hybridized carbons (Fsp3) is 0.381. The first-order valence-electron chi connectivity index (χ1n) is 9.62. The summed E-state index contributed by atoms with van der Waals surface area (Å²) >= 11 is 0. The molecule has 2 heterocycles. The Bertz CT molecular complexity index is 975. The van der Waals surface area contributed by atoms with Gasteiger partial charge in [0.25, 0.3) is 0 Å². The van der Waals surface area contributed by atoms with Crippen LogP contribution in [0.5, 0.6) is 17.2 Å². The van der Waals surface area contributed by atoms with Gasteiger partial charge in [-0.05, 0) is 29.3 Å². The van der Waals surface area contributed by atoms with Crippen molar-refractivity contribution in [2.75, 3.05) is 6.61 Å². The number of ether oxygens (including phenoxy) is 3. The molecule has 0 aromatic heterocycles. The van der Waals surface area contributed by atoms with Gasteiger partial charge in [-0.1, -0.05) is 18.2 Å². The first-order valence-corrected chi connectivity index (χ1v) is 9.62. The molecule has 31 heavy (non-hydrogen) atoms. The number of aliphatic hydroxyl groups excluding tert-OH is 4. The number of aromatic hydroxyl groups is 2. The van der Waals surface area contributed by atoms with Crippen molar-refractivity contribution in [2.45, 2.75) is 43.2 Å². The molecule has 6 atom stereocenters. The van der Waals surface area contributed by atoms with E-state index < -0.39 is 49.4 Å². The van der Waals surface area contributed by atoms with Gasteiger partial charge in [0.15, 0.2) is 11.5 Å². The number of fused-ring (bicyclic) bond motifs is 1. The van der Waals surface area contributed by atoms with E-state index in [1.54, 1.807) is 12.1 Å². The number of rotatable bonds is 4. The molecule has 2 aromatic carbocycles. The summed E-state index contributed by atoms with van der Waals surface area (Å²) in [6, 6.07) is 8.94. The van der Waals surface area contributed by atoms with Crippen molar-refractivity contribution in [1.29, 1.82) is 0 Å². The molecule has 166 valence electrons. The third-order valence-corrected chi connectivity index (χ3v) is 5.43. The van der Waals surface area contributed by atoms with Crippen molar-refractivity contribution in [2.24, 2.45) is 0 Å². The molecule has 0 saturated carbocycles. The highest BCUT2D eigenvalue weighted by Gasteiger charge is 2.45. The fourth-order valence-corrected chi connectivity index (χ4v) is 3.72. The highest BCUT2D eigenvalue weighted by atomic mass is 16.7. The second-order valence-electron chi connectivity index (χ2n) is 7.45. The second-order valence-corrected chi connectivity index (χ2v) is 7.45. The van der Waals surface area contributed by atoms with Crippen LogP contribution in [-0.4, -0.2) is 73.9 Å². The topological polar surface area (TPSA) is 166 Å². The Morgan fingerprint density at radius 1 is 1.00 bits per heavy atom. The molecule has 0 radical (unpaired) electrons. The van der Waals surface area contributed by atoms with Crippen LogP contribution in [0.1, 0.15) is 27.6 Å². The lowest BCUT2D eigenvalue weighted by Crippen LogP contribution is -2.60. The van der Waals surface area contributed by atoms with Gasteiger partial charge in [0.1, 0.15) is 41.8 Å². The summed E-state index contributed by atoms with van der Waals surface area (Å²) in [6.07, 6.45) is -7.93. The molecule has 10 nitrogen and oxygen atoms in total. The van der Waals surface area contributed by atoms with Crippen LogP contribution in [-0.2, 0) is 15.9 Å². The van der Waals surface area contributed by atoms with Crippen LogP contribution < -0.4 is 4.74 Å². The SMILES string of the molecule is O=C1OC(c2ccc(O)c(OC3OC(CO)C(O)C(O)C3O)c2)Cc2cccc(O)c21. The van der Waals surface area contributed by atoms with Crippen molar-refractivity contribution >= 4 is 5.97 Å². The van der Waals surface area contributed by atoms with Crippen LogP contribution in [0.2, 0.25) is 0 Å². The first kappa shape index (κ1) is 21.3. The lowest BCUT2D eigenvalue weighted by atomic mass is 9.94. The molecule has 6 N–H and O–H groups in total. The third kappa shape index (κ3) is 3.91. The number of aliphatic hydroxyl groups is 4. The van der Waals surface area contributed by atoms with Crippen LogP contribution in [0.4, 0.5) is 0 Å². The minimum absolute atomic E-state index is 0.107. The summed E-state index contributed by atoms with van der Waals surface area (Å²) in [6.45, 7) is -0.624. The van der Waals surface area contributed by atoms with Crippen molar-refractivity contribution in [3.8, 4) is 17.2 Å². The van der Waals surface area contributed by atoms with E-state index in [0.29, 0.717) is 11.1 Å². The number of carbonyl (C=O) groups excluding carboxylic acids is 1. The predicted octanol–water partition coefficient (Wildman–Crippen LogP) is -0.269. The van der Waals surface area contributed by atoms with E-state index in [4.69, 9.17) is 14.2 Å². The number of carbonyl (C=O) groups is 1. The minimum atomic E-state index is -1.65. The van der Waals surface area contributed by atoms with Crippen LogP contribution >= 0.6 is 0 Å². The lowest BCUT2D eigenvalue weighted by molar-refractivity contribution is -0.277. The van der Waals surface area contributed by atoms with E-state index in [-0.39, 0.29) is 29.2 Å². The van der Waals surface area contributed by atoms with Crippen molar-refractivity contribution < 1.29 is 49.6 Å². The van der Waals surface area contributed by atoms with Crippen LogP contribution in [0, 0.1) is 0 Å². The van der Waals surface area contributed by atoms with Gasteiger partial charge >= 0.3 is 5.97 Å². The highest BCUT2D eigenvalue weighted by Crippen LogP contribution is 2.38. The van der Waals surface area contributed by atoms with E-state index >= 15 is 0 Å². The second kappa shape index (κ2) is 8.33. The number of phenols is 2. The molecule has 0 bridgehead atoms. The van der Waals surface area contributed by atoms with Crippen LogP contribution in [0.15, 0.2) is 36.4 Å². The van der Waals surface area contributed by atoms with Gasteiger partial charge in [-0.2, -0.15) is 0 Å². The minimum Gasteiger partial charge on any atom is -0.507 e. The molecule has 0 amide bonds. The van der Waals surface area contributed by atoms with E-state index in [2.05, 4.69) is 0 Å². The highest BCUT2D eigenvalue weighted by molar-refractivity contribution is 5.95. The number of esters is 1. The molecule has 1 fully saturated rings. The molecule has 0 spiro atoms. The Morgan fingerprint density at radius 2 is 1.77 bits per heavy atom. The summed E-state index contributed by atoms with van der Waals surface area (Å²) in [5.74, 6) is -1.28. The maximum absolute atomic E-state index is 12.3. The Balaban J connectivity index is 1.58. The van der Waals surface area contributed by atoms with Crippen LogP contribution in [0.3, 0.4) is 0 Å². The van der Waals surface area contributed by atoms with Crippen molar-refractivity contribution in [3.63, 3.8) is 0 Å². The average Bonchev–Trinajstić information content (AvgIpc) is 2.75. The van der Waals surface area contributed by atoms with Gasteiger partial charge < -0.3 is 44.8 Å².